The predicted molar refractivity (Wildman–Crippen MR) is 99.7 cm³/mol. The summed E-state index contributed by atoms with van der Waals surface area (Å²) in [5, 5.41) is 0. The fourth-order valence-electron chi connectivity index (χ4n) is 3.69. The first-order valence-corrected chi connectivity index (χ1v) is 9.18. The van der Waals surface area contributed by atoms with Gasteiger partial charge in [0.1, 0.15) is 0 Å². The van der Waals surface area contributed by atoms with Crippen LogP contribution in [0.3, 0.4) is 0 Å². The molecule has 25 heavy (non-hydrogen) atoms. The van der Waals surface area contributed by atoms with Crippen LogP contribution < -0.4 is 0 Å². The van der Waals surface area contributed by atoms with E-state index >= 15 is 0 Å². The Labute approximate surface area is 150 Å². The third kappa shape index (κ3) is 4.31. The highest BCUT2D eigenvalue weighted by molar-refractivity contribution is 5.91. The quantitative estimate of drug-likeness (QED) is 0.832. The number of carbonyl (C=O) groups excluding carboxylic acids is 1. The van der Waals surface area contributed by atoms with Crippen LogP contribution in [0.4, 0.5) is 0 Å². The van der Waals surface area contributed by atoms with Crippen molar-refractivity contribution in [3.63, 3.8) is 0 Å². The van der Waals surface area contributed by atoms with Crippen LogP contribution >= 0.6 is 0 Å². The molecule has 1 aliphatic heterocycles. The van der Waals surface area contributed by atoms with Crippen LogP contribution in [-0.2, 0) is 6.42 Å². The zero-order valence-electron chi connectivity index (χ0n) is 15.4. The van der Waals surface area contributed by atoms with Gasteiger partial charge in [-0.2, -0.15) is 0 Å². The van der Waals surface area contributed by atoms with E-state index in [0.29, 0.717) is 11.8 Å². The lowest BCUT2D eigenvalue weighted by atomic mass is 10.0. The predicted octanol–water partition coefficient (Wildman–Crippen LogP) is 3.76. The van der Waals surface area contributed by atoms with Crippen molar-refractivity contribution in [1.29, 1.82) is 0 Å². The zero-order valence-corrected chi connectivity index (χ0v) is 15.4. The number of piperazine rings is 1. The van der Waals surface area contributed by atoms with Crippen molar-refractivity contribution in [2.75, 3.05) is 19.6 Å². The maximum absolute atomic E-state index is 12.6. The number of furan rings is 1. The van der Waals surface area contributed by atoms with E-state index in [0.717, 1.165) is 32.5 Å². The highest BCUT2D eigenvalue weighted by atomic mass is 16.3. The van der Waals surface area contributed by atoms with Gasteiger partial charge in [-0.25, -0.2) is 0 Å². The van der Waals surface area contributed by atoms with Gasteiger partial charge in [-0.15, -0.1) is 0 Å². The molecule has 2 heterocycles. The second-order valence-electron chi connectivity index (χ2n) is 7.22. The van der Waals surface area contributed by atoms with Crippen molar-refractivity contribution < 1.29 is 9.21 Å². The minimum Gasteiger partial charge on any atom is -0.459 e. The third-order valence-corrected chi connectivity index (χ3v) is 5.10. The Hall–Kier alpha value is -2.07. The van der Waals surface area contributed by atoms with Crippen LogP contribution in [0, 0.1) is 6.92 Å². The molecule has 0 N–H and O–H groups in total. The number of carbonyl (C=O) groups is 1. The van der Waals surface area contributed by atoms with E-state index in [1.54, 1.807) is 18.4 Å². The molecule has 0 spiro atoms. The van der Waals surface area contributed by atoms with Gasteiger partial charge in [0.05, 0.1) is 6.26 Å². The molecule has 3 rings (SSSR count). The van der Waals surface area contributed by atoms with Crippen molar-refractivity contribution in [2.24, 2.45) is 0 Å². The molecule has 4 nitrogen and oxygen atoms in total. The average molecular weight is 340 g/mol. The molecule has 1 amide bonds. The first kappa shape index (κ1) is 17.7. The maximum atomic E-state index is 12.6. The minimum atomic E-state index is 0.00348. The van der Waals surface area contributed by atoms with Crippen molar-refractivity contribution in [2.45, 2.75) is 45.7 Å². The fraction of sp³-hybridized carbons (Fsp3) is 0.476. The van der Waals surface area contributed by atoms with Crippen LogP contribution in [0.25, 0.3) is 0 Å². The molecule has 1 aromatic carbocycles. The maximum Gasteiger partial charge on any atom is 0.289 e. The van der Waals surface area contributed by atoms with E-state index < -0.39 is 0 Å². The van der Waals surface area contributed by atoms with Crippen molar-refractivity contribution in [3.05, 3.63) is 59.5 Å². The smallest absolute Gasteiger partial charge is 0.289 e. The Morgan fingerprint density at radius 1 is 1.16 bits per heavy atom. The average Bonchev–Trinajstić information content (AvgIpc) is 3.11. The van der Waals surface area contributed by atoms with Crippen molar-refractivity contribution in [1.82, 2.24) is 9.80 Å². The van der Waals surface area contributed by atoms with Gasteiger partial charge in [0.25, 0.3) is 5.91 Å². The first-order valence-electron chi connectivity index (χ1n) is 9.18. The molecule has 4 heteroatoms. The van der Waals surface area contributed by atoms with Crippen LogP contribution in [0.15, 0.2) is 47.1 Å². The van der Waals surface area contributed by atoms with Gasteiger partial charge in [-0.3, -0.25) is 9.69 Å². The SMILES string of the molecule is Cc1cccc(CCCN2C[C@@H](C)N(C(=O)c3ccco3)C[C@@H]2C)c1. The molecule has 0 saturated carbocycles. The molecular formula is C21H28N2O2. The van der Waals surface area contributed by atoms with E-state index in [2.05, 4.69) is 49.9 Å². The Morgan fingerprint density at radius 3 is 2.72 bits per heavy atom. The molecule has 1 aromatic heterocycles. The summed E-state index contributed by atoms with van der Waals surface area (Å²) in [6, 6.07) is 12.8. The van der Waals surface area contributed by atoms with Gasteiger partial charge in [-0.05, 0) is 57.9 Å². The lowest BCUT2D eigenvalue weighted by Gasteiger charge is -2.44. The molecule has 1 saturated heterocycles. The number of nitrogens with zero attached hydrogens (tertiary/aromatic N) is 2. The van der Waals surface area contributed by atoms with Gasteiger partial charge in [-0.1, -0.05) is 29.8 Å². The minimum absolute atomic E-state index is 0.00348. The summed E-state index contributed by atoms with van der Waals surface area (Å²) in [5.74, 6) is 0.440. The highest BCUT2D eigenvalue weighted by Gasteiger charge is 2.32. The van der Waals surface area contributed by atoms with E-state index in [9.17, 15) is 4.79 Å². The lowest BCUT2D eigenvalue weighted by molar-refractivity contribution is 0.0290. The molecule has 134 valence electrons. The van der Waals surface area contributed by atoms with Gasteiger partial charge < -0.3 is 9.32 Å². The molecule has 2 atom stereocenters. The van der Waals surface area contributed by atoms with Crippen molar-refractivity contribution >= 4 is 5.91 Å². The first-order chi connectivity index (χ1) is 12.0. The van der Waals surface area contributed by atoms with Gasteiger partial charge >= 0.3 is 0 Å². The summed E-state index contributed by atoms with van der Waals surface area (Å²) in [5.41, 5.74) is 2.73. The molecule has 0 aliphatic carbocycles. The number of aryl methyl sites for hydroxylation is 2. The molecule has 1 fully saturated rings. The summed E-state index contributed by atoms with van der Waals surface area (Å²) in [4.78, 5) is 17.0. The van der Waals surface area contributed by atoms with E-state index in [1.807, 2.05) is 4.90 Å². The standard InChI is InChI=1S/C21H28N2O2/c1-16-7-4-8-19(13-16)9-5-11-22-14-18(3)23(15-17(22)2)21(24)20-10-6-12-25-20/h4,6-8,10,12-13,17-18H,5,9,11,14-15H2,1-3H3/t17-,18+/m0/s1. The summed E-state index contributed by atoms with van der Waals surface area (Å²) < 4.78 is 5.28. The Balaban J connectivity index is 1.52. The lowest BCUT2D eigenvalue weighted by Crippen LogP contribution is -2.58. The molecular weight excluding hydrogens is 312 g/mol. The summed E-state index contributed by atoms with van der Waals surface area (Å²) >= 11 is 0. The number of hydrogen-bond acceptors (Lipinski definition) is 3. The highest BCUT2D eigenvalue weighted by Crippen LogP contribution is 2.19. The number of hydrogen-bond donors (Lipinski definition) is 0. The number of amides is 1. The fourth-order valence-corrected chi connectivity index (χ4v) is 3.69. The molecule has 0 radical (unpaired) electrons. The Morgan fingerprint density at radius 2 is 2.00 bits per heavy atom. The molecule has 1 aliphatic rings. The largest absolute Gasteiger partial charge is 0.459 e. The second kappa shape index (κ2) is 7.87. The number of benzene rings is 1. The van der Waals surface area contributed by atoms with Crippen LogP contribution in [0.5, 0.6) is 0 Å². The van der Waals surface area contributed by atoms with Gasteiger partial charge in [0.15, 0.2) is 5.76 Å². The van der Waals surface area contributed by atoms with E-state index in [-0.39, 0.29) is 11.9 Å². The summed E-state index contributed by atoms with van der Waals surface area (Å²) in [6.07, 6.45) is 3.81. The third-order valence-electron chi connectivity index (χ3n) is 5.10. The molecule has 2 aromatic rings. The summed E-state index contributed by atoms with van der Waals surface area (Å²) in [6.45, 7) is 9.22. The van der Waals surface area contributed by atoms with Crippen LogP contribution in [0.1, 0.15) is 41.9 Å². The Kier molecular flexibility index (Phi) is 5.59. The topological polar surface area (TPSA) is 36.7 Å². The van der Waals surface area contributed by atoms with Crippen molar-refractivity contribution in [3.8, 4) is 0 Å². The summed E-state index contributed by atoms with van der Waals surface area (Å²) in [7, 11) is 0. The monoisotopic (exact) mass is 340 g/mol. The Bertz CT molecular complexity index is 696. The van der Waals surface area contributed by atoms with Crippen LogP contribution in [0.2, 0.25) is 0 Å². The van der Waals surface area contributed by atoms with Gasteiger partial charge in [0, 0.05) is 25.2 Å². The normalized spacial score (nSPS) is 21.5. The van der Waals surface area contributed by atoms with Crippen LogP contribution in [-0.4, -0.2) is 47.4 Å². The number of rotatable bonds is 5. The second-order valence-corrected chi connectivity index (χ2v) is 7.22. The van der Waals surface area contributed by atoms with Gasteiger partial charge in [0.2, 0.25) is 0 Å². The molecule has 0 bridgehead atoms. The van der Waals surface area contributed by atoms with E-state index in [4.69, 9.17) is 4.42 Å². The van der Waals surface area contributed by atoms with E-state index in [1.165, 1.54) is 11.1 Å². The zero-order chi connectivity index (χ0) is 17.8. The molecule has 0 unspecified atom stereocenters.